The zero-order valence-corrected chi connectivity index (χ0v) is 13.4. The lowest BCUT2D eigenvalue weighted by Gasteiger charge is -2.24. The van der Waals surface area contributed by atoms with Gasteiger partial charge in [-0.15, -0.1) is 0 Å². The second-order valence-corrected chi connectivity index (χ2v) is 5.61. The van der Waals surface area contributed by atoms with Crippen molar-refractivity contribution >= 4 is 23.3 Å². The number of carbonyl (C=O) groups excluding carboxylic acids is 1. The second-order valence-electron chi connectivity index (χ2n) is 5.20. The van der Waals surface area contributed by atoms with Crippen molar-refractivity contribution in [3.8, 4) is 0 Å². The number of hydrogen-bond donors (Lipinski definition) is 3. The first kappa shape index (κ1) is 18.2. The van der Waals surface area contributed by atoms with Crippen LogP contribution in [-0.4, -0.2) is 29.7 Å². The fraction of sp³-hybridized carbons (Fsp3) is 0.235. The number of aliphatic hydroxyl groups is 1. The molecule has 24 heavy (non-hydrogen) atoms. The first-order chi connectivity index (χ1) is 11.5. The molecule has 0 spiro atoms. The Bertz CT molecular complexity index is 671. The van der Waals surface area contributed by atoms with Crippen LogP contribution < -0.4 is 10.6 Å². The Morgan fingerprint density at radius 2 is 1.71 bits per heavy atom. The van der Waals surface area contributed by atoms with Crippen LogP contribution in [0.15, 0.2) is 54.6 Å². The molecule has 3 N–H and O–H groups in total. The molecule has 0 aliphatic carbocycles. The Labute approximate surface area is 143 Å². The third-order valence-electron chi connectivity index (χ3n) is 3.41. The summed E-state index contributed by atoms with van der Waals surface area (Å²) in [6.45, 7) is 0. The smallest absolute Gasteiger partial charge is 0.319 e. The van der Waals surface area contributed by atoms with Gasteiger partial charge in [-0.1, -0.05) is 54.1 Å². The van der Waals surface area contributed by atoms with E-state index in [2.05, 4.69) is 10.6 Å². The van der Waals surface area contributed by atoms with Gasteiger partial charge in [0.05, 0.1) is 16.8 Å². The van der Waals surface area contributed by atoms with Crippen molar-refractivity contribution in [1.29, 1.82) is 0 Å². The highest BCUT2D eigenvalue weighted by Gasteiger charge is 2.29. The van der Waals surface area contributed by atoms with Gasteiger partial charge in [-0.3, -0.25) is 0 Å². The maximum absolute atomic E-state index is 12.9. The van der Waals surface area contributed by atoms with Gasteiger partial charge in [0.25, 0.3) is 6.43 Å². The third-order valence-corrected chi connectivity index (χ3v) is 3.74. The number of hydrogen-bond acceptors (Lipinski definition) is 2. The molecule has 2 amide bonds. The summed E-state index contributed by atoms with van der Waals surface area (Å²) in [5.74, 6) is 0. The number of anilines is 1. The number of carbonyl (C=O) groups is 1. The molecule has 4 nitrogen and oxygen atoms in total. The van der Waals surface area contributed by atoms with Gasteiger partial charge < -0.3 is 15.7 Å². The summed E-state index contributed by atoms with van der Waals surface area (Å²) < 4.78 is 25.8. The standard InChI is InChI=1S/C17H17ClF2N2O2/c18-12-8-4-5-9-13(12)21-17(24)22-14(15(23)16(19)20)10-11-6-2-1-3-7-11/h1-9,14-16,23H,10H2,(H2,21,22,24). The lowest BCUT2D eigenvalue weighted by molar-refractivity contribution is -0.0232. The zero-order valence-electron chi connectivity index (χ0n) is 12.6. The summed E-state index contributed by atoms with van der Waals surface area (Å²) in [5.41, 5.74) is 1.07. The Kier molecular flexibility index (Phi) is 6.52. The molecule has 7 heteroatoms. The van der Waals surface area contributed by atoms with Gasteiger partial charge >= 0.3 is 6.03 Å². The van der Waals surface area contributed by atoms with Crippen LogP contribution in [0.1, 0.15) is 5.56 Å². The molecule has 2 unspecified atom stereocenters. The highest BCUT2D eigenvalue weighted by Crippen LogP contribution is 2.20. The molecule has 0 aliphatic rings. The van der Waals surface area contributed by atoms with E-state index in [1.165, 1.54) is 0 Å². The number of amides is 2. The largest absolute Gasteiger partial charge is 0.385 e. The van der Waals surface area contributed by atoms with Gasteiger partial charge in [0.15, 0.2) is 0 Å². The molecule has 2 atom stereocenters. The number of alkyl halides is 2. The first-order valence-corrected chi connectivity index (χ1v) is 7.67. The SMILES string of the molecule is O=C(Nc1ccccc1Cl)NC(Cc1ccccc1)C(O)C(F)F. The van der Waals surface area contributed by atoms with Crippen LogP contribution in [0.25, 0.3) is 0 Å². The maximum Gasteiger partial charge on any atom is 0.319 e. The molecule has 2 aromatic carbocycles. The van der Waals surface area contributed by atoms with E-state index < -0.39 is 24.6 Å². The number of benzene rings is 2. The molecule has 0 saturated heterocycles. The molecular formula is C17H17ClF2N2O2. The molecule has 2 aromatic rings. The van der Waals surface area contributed by atoms with Crippen molar-refractivity contribution in [1.82, 2.24) is 5.32 Å². The average molecular weight is 355 g/mol. The second kappa shape index (κ2) is 8.61. The van der Waals surface area contributed by atoms with Crippen LogP contribution >= 0.6 is 11.6 Å². The van der Waals surface area contributed by atoms with Crippen LogP contribution in [0.3, 0.4) is 0 Å². The van der Waals surface area contributed by atoms with Gasteiger partial charge in [0, 0.05) is 0 Å². The minimum Gasteiger partial charge on any atom is -0.385 e. The quantitative estimate of drug-likeness (QED) is 0.740. The summed E-state index contributed by atoms with van der Waals surface area (Å²) in [6, 6.07) is 13.5. The molecule has 0 fully saturated rings. The van der Waals surface area contributed by atoms with E-state index in [-0.39, 0.29) is 6.42 Å². The van der Waals surface area contributed by atoms with E-state index in [1.54, 1.807) is 54.6 Å². The van der Waals surface area contributed by atoms with Crippen molar-refractivity contribution < 1.29 is 18.7 Å². The fourth-order valence-electron chi connectivity index (χ4n) is 2.19. The first-order valence-electron chi connectivity index (χ1n) is 7.29. The summed E-state index contributed by atoms with van der Waals surface area (Å²) in [7, 11) is 0. The number of halogens is 3. The van der Waals surface area contributed by atoms with E-state index in [0.717, 1.165) is 5.56 Å². The summed E-state index contributed by atoms with van der Waals surface area (Å²) in [6.07, 6.45) is -4.89. The van der Waals surface area contributed by atoms with E-state index in [9.17, 15) is 18.7 Å². The van der Waals surface area contributed by atoms with Crippen LogP contribution in [0.5, 0.6) is 0 Å². The van der Waals surface area contributed by atoms with Gasteiger partial charge in [-0.25, -0.2) is 13.6 Å². The Hall–Kier alpha value is -2.18. The van der Waals surface area contributed by atoms with Crippen LogP contribution in [-0.2, 0) is 6.42 Å². The Morgan fingerprint density at radius 3 is 2.33 bits per heavy atom. The third kappa shape index (κ3) is 5.18. The number of rotatable bonds is 6. The Morgan fingerprint density at radius 1 is 1.08 bits per heavy atom. The lowest BCUT2D eigenvalue weighted by Crippen LogP contribution is -2.49. The fourth-order valence-corrected chi connectivity index (χ4v) is 2.37. The lowest BCUT2D eigenvalue weighted by atomic mass is 10.0. The minimum atomic E-state index is -2.97. The summed E-state index contributed by atoms with van der Waals surface area (Å²) in [4.78, 5) is 12.1. The highest BCUT2D eigenvalue weighted by molar-refractivity contribution is 6.33. The topological polar surface area (TPSA) is 61.4 Å². The Balaban J connectivity index is 2.07. The predicted molar refractivity (Wildman–Crippen MR) is 89.6 cm³/mol. The predicted octanol–water partition coefficient (Wildman–Crippen LogP) is 3.70. The van der Waals surface area contributed by atoms with Crippen molar-refractivity contribution in [2.45, 2.75) is 25.0 Å². The molecule has 0 heterocycles. The van der Waals surface area contributed by atoms with Gasteiger partial charge in [-0.05, 0) is 24.1 Å². The van der Waals surface area contributed by atoms with Gasteiger partial charge in [-0.2, -0.15) is 0 Å². The van der Waals surface area contributed by atoms with Gasteiger partial charge in [0.1, 0.15) is 6.10 Å². The molecule has 0 aromatic heterocycles. The molecule has 0 aliphatic heterocycles. The summed E-state index contributed by atoms with van der Waals surface area (Å²) >= 11 is 5.94. The van der Waals surface area contributed by atoms with E-state index in [4.69, 9.17) is 11.6 Å². The normalized spacial score (nSPS) is 13.4. The number of aliphatic hydroxyl groups excluding tert-OH is 1. The molecule has 0 saturated carbocycles. The van der Waals surface area contributed by atoms with Crippen LogP contribution in [0.4, 0.5) is 19.3 Å². The van der Waals surface area contributed by atoms with Crippen molar-refractivity contribution in [2.75, 3.05) is 5.32 Å². The molecule has 0 bridgehead atoms. The van der Waals surface area contributed by atoms with E-state index in [1.807, 2.05) is 0 Å². The van der Waals surface area contributed by atoms with Crippen LogP contribution in [0.2, 0.25) is 5.02 Å². The van der Waals surface area contributed by atoms with Crippen molar-refractivity contribution in [3.05, 3.63) is 65.2 Å². The van der Waals surface area contributed by atoms with Crippen LogP contribution in [0, 0.1) is 0 Å². The summed E-state index contributed by atoms with van der Waals surface area (Å²) in [5, 5.41) is 14.9. The molecule has 0 radical (unpaired) electrons. The number of para-hydroxylation sites is 1. The van der Waals surface area contributed by atoms with E-state index >= 15 is 0 Å². The zero-order chi connectivity index (χ0) is 17.5. The maximum atomic E-state index is 12.9. The van der Waals surface area contributed by atoms with E-state index in [0.29, 0.717) is 10.7 Å². The monoisotopic (exact) mass is 354 g/mol. The molecule has 2 rings (SSSR count). The number of urea groups is 1. The number of nitrogens with one attached hydrogen (secondary N) is 2. The highest BCUT2D eigenvalue weighted by atomic mass is 35.5. The minimum absolute atomic E-state index is 0.0717. The van der Waals surface area contributed by atoms with Crippen molar-refractivity contribution in [2.24, 2.45) is 0 Å². The van der Waals surface area contributed by atoms with Crippen molar-refractivity contribution in [3.63, 3.8) is 0 Å². The average Bonchev–Trinajstić information content (AvgIpc) is 2.56. The molecule has 128 valence electrons. The molecular weight excluding hydrogens is 338 g/mol. The van der Waals surface area contributed by atoms with Gasteiger partial charge in [0.2, 0.25) is 0 Å².